The van der Waals surface area contributed by atoms with Crippen LogP contribution in [0.5, 0.6) is 0 Å². The second-order valence-corrected chi connectivity index (χ2v) is 3.92. The Morgan fingerprint density at radius 3 is 2.76 bits per heavy atom. The highest BCUT2D eigenvalue weighted by molar-refractivity contribution is 5.96. The molecule has 2 amide bonds. The molecule has 0 fully saturated rings. The predicted molar refractivity (Wildman–Crippen MR) is 63.6 cm³/mol. The number of aryl methyl sites for hydroxylation is 1. The van der Waals surface area contributed by atoms with Crippen LogP contribution in [-0.2, 0) is 4.79 Å². The third-order valence-corrected chi connectivity index (χ3v) is 2.36. The van der Waals surface area contributed by atoms with Gasteiger partial charge in [-0.2, -0.15) is 5.10 Å². The highest BCUT2D eigenvalue weighted by Gasteiger charge is 2.17. The summed E-state index contributed by atoms with van der Waals surface area (Å²) in [5.41, 5.74) is 1.20. The fraction of sp³-hybridized carbons (Fsp3) is 0.545. The highest BCUT2D eigenvalue weighted by atomic mass is 16.2. The first kappa shape index (κ1) is 13.2. The molecular formula is C11H18N4O2. The Hall–Kier alpha value is -1.85. The zero-order chi connectivity index (χ0) is 12.8. The minimum absolute atomic E-state index is 0.0590. The van der Waals surface area contributed by atoms with E-state index in [4.69, 9.17) is 0 Å². The molecule has 0 atom stereocenters. The number of nitrogens with zero attached hydrogens (tertiary/aromatic N) is 2. The Bertz CT molecular complexity index is 400. The van der Waals surface area contributed by atoms with Gasteiger partial charge in [-0.3, -0.25) is 14.7 Å². The van der Waals surface area contributed by atoms with E-state index in [1.165, 1.54) is 11.1 Å². The van der Waals surface area contributed by atoms with E-state index in [-0.39, 0.29) is 18.4 Å². The van der Waals surface area contributed by atoms with Crippen molar-refractivity contribution in [3.63, 3.8) is 0 Å². The van der Waals surface area contributed by atoms with Gasteiger partial charge in [-0.05, 0) is 13.3 Å². The molecule has 17 heavy (non-hydrogen) atoms. The quantitative estimate of drug-likeness (QED) is 0.775. The molecule has 6 nitrogen and oxygen atoms in total. The van der Waals surface area contributed by atoms with Gasteiger partial charge < -0.3 is 10.2 Å². The van der Waals surface area contributed by atoms with Crippen LogP contribution in [0.15, 0.2) is 6.20 Å². The minimum Gasteiger partial charge on any atom is -0.355 e. The summed E-state index contributed by atoms with van der Waals surface area (Å²) >= 11 is 0. The molecule has 0 aliphatic heterocycles. The Morgan fingerprint density at radius 1 is 1.53 bits per heavy atom. The summed E-state index contributed by atoms with van der Waals surface area (Å²) in [6.45, 7) is 4.43. The number of hydrogen-bond donors (Lipinski definition) is 2. The van der Waals surface area contributed by atoms with E-state index < -0.39 is 0 Å². The van der Waals surface area contributed by atoms with Gasteiger partial charge in [-0.15, -0.1) is 0 Å². The molecule has 0 aromatic carbocycles. The van der Waals surface area contributed by atoms with Crippen molar-refractivity contribution in [2.75, 3.05) is 20.1 Å². The van der Waals surface area contributed by atoms with E-state index in [1.54, 1.807) is 14.0 Å². The molecule has 0 unspecified atom stereocenters. The smallest absolute Gasteiger partial charge is 0.257 e. The summed E-state index contributed by atoms with van der Waals surface area (Å²) in [5, 5.41) is 9.20. The van der Waals surface area contributed by atoms with E-state index in [2.05, 4.69) is 15.5 Å². The molecule has 1 rings (SSSR count). The minimum atomic E-state index is -0.206. The summed E-state index contributed by atoms with van der Waals surface area (Å²) in [7, 11) is 1.60. The maximum atomic E-state index is 11.9. The summed E-state index contributed by atoms with van der Waals surface area (Å²) in [6, 6.07) is 0. The van der Waals surface area contributed by atoms with Gasteiger partial charge in [0.05, 0.1) is 18.3 Å². The van der Waals surface area contributed by atoms with E-state index >= 15 is 0 Å². The van der Waals surface area contributed by atoms with Crippen LogP contribution in [0.25, 0.3) is 0 Å². The van der Waals surface area contributed by atoms with Gasteiger partial charge in [0.1, 0.15) is 0 Å². The molecule has 0 aliphatic rings. The number of carbonyl (C=O) groups is 2. The fourth-order valence-corrected chi connectivity index (χ4v) is 1.38. The predicted octanol–water partition coefficient (Wildman–Crippen LogP) is 0.316. The van der Waals surface area contributed by atoms with Crippen molar-refractivity contribution in [2.24, 2.45) is 0 Å². The first-order chi connectivity index (χ1) is 8.06. The van der Waals surface area contributed by atoms with Gasteiger partial charge in [-0.25, -0.2) is 0 Å². The average molecular weight is 238 g/mol. The van der Waals surface area contributed by atoms with Crippen molar-refractivity contribution in [3.05, 3.63) is 17.5 Å². The third kappa shape index (κ3) is 3.58. The first-order valence-corrected chi connectivity index (χ1v) is 5.58. The Labute approximate surface area is 100 Å². The molecule has 1 aromatic heterocycles. The largest absolute Gasteiger partial charge is 0.355 e. The molecule has 2 N–H and O–H groups in total. The van der Waals surface area contributed by atoms with Crippen molar-refractivity contribution in [1.82, 2.24) is 20.4 Å². The van der Waals surface area contributed by atoms with E-state index in [0.717, 1.165) is 6.42 Å². The fourth-order valence-electron chi connectivity index (χ4n) is 1.38. The molecule has 0 saturated heterocycles. The van der Waals surface area contributed by atoms with Crippen molar-refractivity contribution in [3.8, 4) is 0 Å². The summed E-state index contributed by atoms with van der Waals surface area (Å²) in [6.07, 6.45) is 2.35. The van der Waals surface area contributed by atoms with Crippen molar-refractivity contribution < 1.29 is 9.59 Å². The Balaban J connectivity index is 2.53. The normalized spacial score (nSPS) is 10.1. The zero-order valence-electron chi connectivity index (χ0n) is 10.4. The molecule has 0 spiro atoms. The lowest BCUT2D eigenvalue weighted by Gasteiger charge is -2.16. The average Bonchev–Trinajstić information content (AvgIpc) is 2.71. The number of hydrogen-bond acceptors (Lipinski definition) is 3. The van der Waals surface area contributed by atoms with Crippen LogP contribution in [0.1, 0.15) is 29.4 Å². The molecule has 94 valence electrons. The second-order valence-electron chi connectivity index (χ2n) is 3.92. The standard InChI is InChI=1S/C11H18N4O2/c1-4-5-12-10(16)7-15(3)11(17)9-6-13-14-8(9)2/h6H,4-5,7H2,1-3H3,(H,12,16)(H,13,14). The molecule has 0 radical (unpaired) electrons. The van der Waals surface area contributed by atoms with E-state index in [9.17, 15) is 9.59 Å². The van der Waals surface area contributed by atoms with Crippen LogP contribution in [0.2, 0.25) is 0 Å². The van der Waals surface area contributed by atoms with Crippen molar-refractivity contribution >= 4 is 11.8 Å². The topological polar surface area (TPSA) is 78.1 Å². The van der Waals surface area contributed by atoms with Crippen LogP contribution in [0.4, 0.5) is 0 Å². The molecule has 0 bridgehead atoms. The van der Waals surface area contributed by atoms with Gasteiger partial charge in [0.15, 0.2) is 0 Å². The number of likely N-dealkylation sites (N-methyl/N-ethyl adjacent to an activating group) is 1. The lowest BCUT2D eigenvalue weighted by atomic mass is 10.2. The summed E-state index contributed by atoms with van der Waals surface area (Å²) in [4.78, 5) is 24.7. The number of H-pyrrole nitrogens is 1. The summed E-state index contributed by atoms with van der Waals surface area (Å²) in [5.74, 6) is -0.355. The van der Waals surface area contributed by atoms with Gasteiger partial charge in [0.2, 0.25) is 5.91 Å². The number of aromatic nitrogens is 2. The second kappa shape index (κ2) is 6.03. The maximum absolute atomic E-state index is 11.9. The van der Waals surface area contributed by atoms with Crippen molar-refractivity contribution in [2.45, 2.75) is 20.3 Å². The Morgan fingerprint density at radius 2 is 2.24 bits per heavy atom. The van der Waals surface area contributed by atoms with Crippen LogP contribution in [-0.4, -0.2) is 47.0 Å². The van der Waals surface area contributed by atoms with Gasteiger partial charge in [-0.1, -0.05) is 6.92 Å². The highest BCUT2D eigenvalue weighted by Crippen LogP contribution is 2.05. The SMILES string of the molecule is CCCNC(=O)CN(C)C(=O)c1cn[nH]c1C. The molecule has 0 aliphatic carbocycles. The van der Waals surface area contributed by atoms with Crippen LogP contribution in [0.3, 0.4) is 0 Å². The lowest BCUT2D eigenvalue weighted by molar-refractivity contribution is -0.121. The van der Waals surface area contributed by atoms with E-state index in [1.807, 2.05) is 6.92 Å². The molecule has 0 saturated carbocycles. The molecular weight excluding hydrogens is 220 g/mol. The van der Waals surface area contributed by atoms with Crippen LogP contribution >= 0.6 is 0 Å². The van der Waals surface area contributed by atoms with Gasteiger partial charge >= 0.3 is 0 Å². The number of nitrogens with one attached hydrogen (secondary N) is 2. The number of amides is 2. The number of aromatic amines is 1. The first-order valence-electron chi connectivity index (χ1n) is 5.58. The maximum Gasteiger partial charge on any atom is 0.257 e. The van der Waals surface area contributed by atoms with E-state index in [0.29, 0.717) is 17.8 Å². The van der Waals surface area contributed by atoms with Crippen molar-refractivity contribution in [1.29, 1.82) is 0 Å². The van der Waals surface area contributed by atoms with Crippen LogP contribution < -0.4 is 5.32 Å². The summed E-state index contributed by atoms with van der Waals surface area (Å²) < 4.78 is 0. The lowest BCUT2D eigenvalue weighted by Crippen LogP contribution is -2.38. The van der Waals surface area contributed by atoms with Crippen LogP contribution in [0, 0.1) is 6.92 Å². The number of rotatable bonds is 5. The zero-order valence-corrected chi connectivity index (χ0v) is 10.4. The monoisotopic (exact) mass is 238 g/mol. The van der Waals surface area contributed by atoms with Gasteiger partial charge in [0.25, 0.3) is 5.91 Å². The number of carbonyl (C=O) groups excluding carboxylic acids is 2. The molecule has 1 heterocycles. The van der Waals surface area contributed by atoms with Gasteiger partial charge in [0, 0.05) is 19.3 Å². The molecule has 1 aromatic rings. The third-order valence-electron chi connectivity index (χ3n) is 2.36. The molecule has 6 heteroatoms. The Kier molecular flexibility index (Phi) is 4.68.